The molecule has 0 bridgehead atoms. The SMILES string of the molecule is O=C(CF)N1CC=C(c2cn(-c3ccc([N+](=O)[O-])cc3)c3ccccc23)CC1. The van der Waals surface area contributed by atoms with Crippen LogP contribution in [0.4, 0.5) is 10.1 Å². The number of hydrogen-bond acceptors (Lipinski definition) is 3. The Morgan fingerprint density at radius 3 is 2.54 bits per heavy atom. The number of carbonyl (C=O) groups is 1. The Kier molecular flexibility index (Phi) is 4.65. The van der Waals surface area contributed by atoms with Gasteiger partial charge >= 0.3 is 0 Å². The van der Waals surface area contributed by atoms with Crippen LogP contribution >= 0.6 is 0 Å². The van der Waals surface area contributed by atoms with Crippen LogP contribution in [0.15, 0.2) is 60.8 Å². The normalized spacial score (nSPS) is 14.2. The minimum atomic E-state index is -0.970. The van der Waals surface area contributed by atoms with E-state index in [1.54, 1.807) is 12.1 Å². The number of amides is 1. The predicted octanol–water partition coefficient (Wildman–Crippen LogP) is 4.12. The van der Waals surface area contributed by atoms with Gasteiger partial charge in [-0.1, -0.05) is 24.3 Å². The number of para-hydroxylation sites is 1. The lowest BCUT2D eigenvalue weighted by atomic mass is 9.99. The minimum Gasteiger partial charge on any atom is -0.336 e. The number of nitro groups is 1. The third-order valence-corrected chi connectivity index (χ3v) is 5.07. The lowest BCUT2D eigenvalue weighted by molar-refractivity contribution is -0.384. The Bertz CT molecular complexity index is 1090. The van der Waals surface area contributed by atoms with Crippen LogP contribution in [0.3, 0.4) is 0 Å². The van der Waals surface area contributed by atoms with Crippen LogP contribution in [0.25, 0.3) is 22.2 Å². The average molecular weight is 379 g/mol. The molecule has 0 N–H and O–H groups in total. The molecule has 3 aromatic rings. The van der Waals surface area contributed by atoms with Crippen LogP contribution < -0.4 is 0 Å². The summed E-state index contributed by atoms with van der Waals surface area (Å²) in [7, 11) is 0. The summed E-state index contributed by atoms with van der Waals surface area (Å²) in [4.78, 5) is 23.6. The summed E-state index contributed by atoms with van der Waals surface area (Å²) >= 11 is 0. The van der Waals surface area contributed by atoms with Gasteiger partial charge < -0.3 is 9.47 Å². The first kappa shape index (κ1) is 17.9. The first-order chi connectivity index (χ1) is 13.6. The lowest BCUT2D eigenvalue weighted by Gasteiger charge is -2.25. The van der Waals surface area contributed by atoms with Gasteiger partial charge in [0.15, 0.2) is 6.67 Å². The Morgan fingerprint density at radius 1 is 1.14 bits per heavy atom. The van der Waals surface area contributed by atoms with E-state index in [4.69, 9.17) is 0 Å². The summed E-state index contributed by atoms with van der Waals surface area (Å²) in [5.41, 5.74) is 4.04. The maximum absolute atomic E-state index is 12.6. The smallest absolute Gasteiger partial charge is 0.269 e. The highest BCUT2D eigenvalue weighted by Crippen LogP contribution is 2.33. The van der Waals surface area contributed by atoms with Gasteiger partial charge in [-0.25, -0.2) is 4.39 Å². The van der Waals surface area contributed by atoms with Gasteiger partial charge in [0.25, 0.3) is 11.6 Å². The van der Waals surface area contributed by atoms with Crippen LogP contribution in [0.1, 0.15) is 12.0 Å². The highest BCUT2D eigenvalue weighted by Gasteiger charge is 2.20. The number of halogens is 1. The van der Waals surface area contributed by atoms with E-state index in [0.717, 1.165) is 27.7 Å². The summed E-state index contributed by atoms with van der Waals surface area (Å²) in [6.45, 7) is -0.0800. The summed E-state index contributed by atoms with van der Waals surface area (Å²) in [5, 5.41) is 12.0. The molecule has 28 heavy (non-hydrogen) atoms. The zero-order chi connectivity index (χ0) is 19.7. The summed E-state index contributed by atoms with van der Waals surface area (Å²) in [6.07, 6.45) is 4.64. The van der Waals surface area contributed by atoms with Gasteiger partial charge in [-0.05, 0) is 30.2 Å². The number of nitrogens with zero attached hydrogens (tertiary/aromatic N) is 3. The van der Waals surface area contributed by atoms with Gasteiger partial charge in [0.1, 0.15) is 0 Å². The van der Waals surface area contributed by atoms with Gasteiger partial charge in [0, 0.05) is 48.1 Å². The van der Waals surface area contributed by atoms with Crippen LogP contribution in [-0.4, -0.2) is 40.1 Å². The molecule has 0 unspecified atom stereocenters. The molecular formula is C21H18FN3O3. The molecule has 0 fully saturated rings. The lowest BCUT2D eigenvalue weighted by Crippen LogP contribution is -2.35. The van der Waals surface area contributed by atoms with Gasteiger partial charge in [0.2, 0.25) is 0 Å². The molecule has 0 radical (unpaired) electrons. The van der Waals surface area contributed by atoms with Crippen molar-refractivity contribution in [2.75, 3.05) is 19.8 Å². The van der Waals surface area contributed by atoms with Gasteiger partial charge in [-0.2, -0.15) is 0 Å². The number of benzene rings is 2. The third kappa shape index (κ3) is 3.15. The topological polar surface area (TPSA) is 68.4 Å². The van der Waals surface area contributed by atoms with Crippen molar-refractivity contribution in [3.8, 4) is 5.69 Å². The van der Waals surface area contributed by atoms with Gasteiger partial charge in [0.05, 0.1) is 10.4 Å². The number of fused-ring (bicyclic) bond motifs is 1. The molecule has 1 aromatic heterocycles. The van der Waals surface area contributed by atoms with Crippen molar-refractivity contribution in [2.24, 2.45) is 0 Å². The van der Waals surface area contributed by atoms with Crippen molar-refractivity contribution in [2.45, 2.75) is 6.42 Å². The van der Waals surface area contributed by atoms with Crippen molar-refractivity contribution in [3.63, 3.8) is 0 Å². The monoisotopic (exact) mass is 379 g/mol. The molecule has 4 rings (SSSR count). The van der Waals surface area contributed by atoms with Gasteiger partial charge in [-0.15, -0.1) is 0 Å². The second kappa shape index (κ2) is 7.26. The molecule has 0 spiro atoms. The first-order valence-electron chi connectivity index (χ1n) is 8.96. The molecule has 0 saturated heterocycles. The molecule has 7 heteroatoms. The van der Waals surface area contributed by atoms with Crippen LogP contribution in [0, 0.1) is 10.1 Å². The second-order valence-electron chi connectivity index (χ2n) is 6.66. The molecule has 2 aromatic carbocycles. The van der Waals surface area contributed by atoms with Crippen LogP contribution in [0.5, 0.6) is 0 Å². The minimum absolute atomic E-state index is 0.0491. The Balaban J connectivity index is 1.74. The number of nitro benzene ring substituents is 1. The Morgan fingerprint density at radius 2 is 1.89 bits per heavy atom. The molecule has 0 aliphatic carbocycles. The average Bonchev–Trinajstić information content (AvgIpc) is 3.13. The maximum Gasteiger partial charge on any atom is 0.269 e. The van der Waals surface area contributed by atoms with E-state index in [2.05, 4.69) is 0 Å². The number of alkyl halides is 1. The molecule has 0 saturated carbocycles. The zero-order valence-corrected chi connectivity index (χ0v) is 15.0. The number of rotatable bonds is 4. The maximum atomic E-state index is 12.6. The molecule has 142 valence electrons. The van der Waals surface area contributed by atoms with Crippen molar-refractivity contribution in [1.29, 1.82) is 0 Å². The number of non-ortho nitro benzene ring substituents is 1. The zero-order valence-electron chi connectivity index (χ0n) is 15.0. The highest BCUT2D eigenvalue weighted by atomic mass is 19.1. The number of aromatic nitrogens is 1. The van der Waals surface area contributed by atoms with Crippen LogP contribution in [0.2, 0.25) is 0 Å². The van der Waals surface area contributed by atoms with Crippen molar-refractivity contribution in [3.05, 3.63) is 76.5 Å². The first-order valence-corrected chi connectivity index (χ1v) is 8.96. The standard InChI is InChI=1S/C21H18FN3O3/c22-13-21(26)23-11-9-15(10-12-23)19-14-24(20-4-2-1-3-18(19)20)16-5-7-17(8-6-16)25(27)28/h1-9,14H,10-13H2. The molecule has 6 nitrogen and oxygen atoms in total. The molecule has 1 amide bonds. The molecular weight excluding hydrogens is 361 g/mol. The number of hydrogen-bond donors (Lipinski definition) is 0. The molecule has 1 aliphatic rings. The second-order valence-corrected chi connectivity index (χ2v) is 6.66. The molecule has 1 aliphatic heterocycles. The predicted molar refractivity (Wildman–Crippen MR) is 105 cm³/mol. The van der Waals surface area contributed by atoms with E-state index >= 15 is 0 Å². The summed E-state index contributed by atoms with van der Waals surface area (Å²) < 4.78 is 14.6. The summed E-state index contributed by atoms with van der Waals surface area (Å²) in [6, 6.07) is 14.4. The van der Waals surface area contributed by atoms with E-state index in [1.165, 1.54) is 17.0 Å². The van der Waals surface area contributed by atoms with Crippen molar-refractivity contribution in [1.82, 2.24) is 9.47 Å². The molecule has 2 heterocycles. The fourth-order valence-electron chi connectivity index (χ4n) is 3.61. The van der Waals surface area contributed by atoms with E-state index in [1.807, 2.05) is 41.1 Å². The quantitative estimate of drug-likeness (QED) is 0.506. The van der Waals surface area contributed by atoms with E-state index in [-0.39, 0.29) is 5.69 Å². The Hall–Kier alpha value is -3.48. The van der Waals surface area contributed by atoms with E-state index in [0.29, 0.717) is 19.5 Å². The fourth-order valence-corrected chi connectivity index (χ4v) is 3.61. The van der Waals surface area contributed by atoms with Crippen LogP contribution in [-0.2, 0) is 4.79 Å². The van der Waals surface area contributed by atoms with E-state index in [9.17, 15) is 19.3 Å². The number of carbonyl (C=O) groups excluding carboxylic acids is 1. The van der Waals surface area contributed by atoms with E-state index < -0.39 is 17.5 Å². The fraction of sp³-hybridized carbons (Fsp3) is 0.190. The third-order valence-electron chi connectivity index (χ3n) is 5.07. The van der Waals surface area contributed by atoms with Crippen molar-refractivity contribution >= 4 is 28.1 Å². The van der Waals surface area contributed by atoms with Crippen molar-refractivity contribution < 1.29 is 14.1 Å². The molecule has 0 atom stereocenters. The highest BCUT2D eigenvalue weighted by molar-refractivity contribution is 5.94. The summed E-state index contributed by atoms with van der Waals surface area (Å²) in [5.74, 6) is -0.483. The van der Waals surface area contributed by atoms with Gasteiger partial charge in [-0.3, -0.25) is 14.9 Å². The largest absolute Gasteiger partial charge is 0.336 e. The Labute approximate surface area is 160 Å².